The predicted octanol–water partition coefficient (Wildman–Crippen LogP) is 2.26. The third kappa shape index (κ3) is 4.04. The van der Waals surface area contributed by atoms with Crippen molar-refractivity contribution in [1.82, 2.24) is 15.3 Å². The number of nitrogens with zero attached hydrogens (tertiary/aromatic N) is 3. The molecule has 0 radical (unpaired) electrons. The van der Waals surface area contributed by atoms with E-state index in [-0.39, 0.29) is 11.9 Å². The van der Waals surface area contributed by atoms with Crippen LogP contribution in [-0.4, -0.2) is 35.0 Å². The van der Waals surface area contributed by atoms with Crippen LogP contribution in [0.15, 0.2) is 35.3 Å². The van der Waals surface area contributed by atoms with Gasteiger partial charge in [0.2, 0.25) is 11.9 Å². The molecular formula is C16H20N4OS. The fourth-order valence-electron chi connectivity index (χ4n) is 2.72. The third-order valence-corrected chi connectivity index (χ3v) is 4.57. The zero-order chi connectivity index (χ0) is 15.2. The fourth-order valence-corrected chi connectivity index (χ4v) is 3.43. The molecule has 5 nitrogen and oxygen atoms in total. The Morgan fingerprint density at radius 3 is 3.05 bits per heavy atom. The minimum Gasteiger partial charge on any atom is -0.352 e. The molecule has 0 aliphatic carbocycles. The highest BCUT2D eigenvalue weighted by atomic mass is 32.1. The quantitative estimate of drug-likeness (QED) is 0.919. The van der Waals surface area contributed by atoms with Crippen molar-refractivity contribution in [3.8, 4) is 0 Å². The molecule has 1 unspecified atom stereocenters. The number of rotatable bonds is 5. The Hall–Kier alpha value is -1.95. The van der Waals surface area contributed by atoms with E-state index in [9.17, 15) is 4.79 Å². The second-order valence-electron chi connectivity index (χ2n) is 5.53. The van der Waals surface area contributed by atoms with Gasteiger partial charge in [-0.05, 0) is 47.7 Å². The van der Waals surface area contributed by atoms with Crippen molar-refractivity contribution in [3.05, 3.63) is 40.8 Å². The SMILES string of the molecule is O=C(CCc1ccsc1)NC1CCCN(c2ncccn2)C1. The van der Waals surface area contributed by atoms with Gasteiger partial charge in [0, 0.05) is 37.9 Å². The second-order valence-corrected chi connectivity index (χ2v) is 6.31. The number of thiophene rings is 1. The maximum atomic E-state index is 12.1. The van der Waals surface area contributed by atoms with E-state index >= 15 is 0 Å². The van der Waals surface area contributed by atoms with Crippen molar-refractivity contribution in [3.63, 3.8) is 0 Å². The van der Waals surface area contributed by atoms with Crippen molar-refractivity contribution in [2.75, 3.05) is 18.0 Å². The van der Waals surface area contributed by atoms with Gasteiger partial charge in [0.05, 0.1) is 0 Å². The summed E-state index contributed by atoms with van der Waals surface area (Å²) in [7, 11) is 0. The molecule has 1 fully saturated rings. The molecule has 6 heteroatoms. The maximum absolute atomic E-state index is 12.1. The van der Waals surface area contributed by atoms with Crippen LogP contribution in [0.5, 0.6) is 0 Å². The normalized spacial score (nSPS) is 18.2. The average molecular weight is 316 g/mol. The fraction of sp³-hybridized carbons (Fsp3) is 0.438. The first kappa shape index (κ1) is 15.0. The number of hydrogen-bond acceptors (Lipinski definition) is 5. The summed E-state index contributed by atoms with van der Waals surface area (Å²) in [6, 6.07) is 4.08. The Balaban J connectivity index is 1.48. The van der Waals surface area contributed by atoms with Gasteiger partial charge < -0.3 is 10.2 Å². The molecule has 3 heterocycles. The monoisotopic (exact) mass is 316 g/mol. The van der Waals surface area contributed by atoms with Crippen molar-refractivity contribution < 1.29 is 4.79 Å². The molecular weight excluding hydrogens is 296 g/mol. The van der Waals surface area contributed by atoms with E-state index in [0.717, 1.165) is 38.3 Å². The minimum atomic E-state index is 0.132. The van der Waals surface area contributed by atoms with Crippen LogP contribution in [0.2, 0.25) is 0 Å². The summed E-state index contributed by atoms with van der Waals surface area (Å²) in [5.74, 6) is 0.881. The smallest absolute Gasteiger partial charge is 0.225 e. The number of piperidine rings is 1. The summed E-state index contributed by atoms with van der Waals surface area (Å²) in [6.45, 7) is 1.74. The largest absolute Gasteiger partial charge is 0.352 e. The zero-order valence-corrected chi connectivity index (χ0v) is 13.3. The zero-order valence-electron chi connectivity index (χ0n) is 12.4. The number of amides is 1. The van der Waals surface area contributed by atoms with Crippen molar-refractivity contribution in [1.29, 1.82) is 0 Å². The van der Waals surface area contributed by atoms with Crippen molar-refractivity contribution in [2.45, 2.75) is 31.7 Å². The Bertz CT molecular complexity index is 587. The van der Waals surface area contributed by atoms with Crippen LogP contribution in [0.3, 0.4) is 0 Å². The Kier molecular flexibility index (Phi) is 5.00. The topological polar surface area (TPSA) is 58.1 Å². The predicted molar refractivity (Wildman–Crippen MR) is 88.0 cm³/mol. The number of carbonyl (C=O) groups excluding carboxylic acids is 1. The molecule has 116 valence electrons. The summed E-state index contributed by atoms with van der Waals surface area (Å²) in [4.78, 5) is 22.8. The maximum Gasteiger partial charge on any atom is 0.225 e. The number of nitrogens with one attached hydrogen (secondary N) is 1. The molecule has 0 saturated carbocycles. The van der Waals surface area contributed by atoms with Crippen molar-refractivity contribution >= 4 is 23.2 Å². The van der Waals surface area contributed by atoms with E-state index < -0.39 is 0 Å². The number of hydrogen-bond donors (Lipinski definition) is 1. The molecule has 1 aliphatic heterocycles. The molecule has 2 aromatic heterocycles. The molecule has 0 bridgehead atoms. The van der Waals surface area contributed by atoms with Gasteiger partial charge in [0.1, 0.15) is 0 Å². The lowest BCUT2D eigenvalue weighted by Crippen LogP contribution is -2.48. The van der Waals surface area contributed by atoms with E-state index in [2.05, 4.69) is 31.6 Å². The van der Waals surface area contributed by atoms with E-state index in [1.54, 1.807) is 23.7 Å². The number of anilines is 1. The Morgan fingerprint density at radius 2 is 2.27 bits per heavy atom. The van der Waals surface area contributed by atoms with E-state index in [1.165, 1.54) is 5.56 Å². The van der Waals surface area contributed by atoms with Crippen molar-refractivity contribution in [2.24, 2.45) is 0 Å². The molecule has 1 saturated heterocycles. The molecule has 1 N–H and O–H groups in total. The van der Waals surface area contributed by atoms with Gasteiger partial charge in [0.25, 0.3) is 0 Å². The lowest BCUT2D eigenvalue weighted by Gasteiger charge is -2.33. The number of aromatic nitrogens is 2. The molecule has 22 heavy (non-hydrogen) atoms. The van der Waals surface area contributed by atoms with E-state index in [1.807, 2.05) is 11.4 Å². The first-order valence-corrected chi connectivity index (χ1v) is 8.58. The van der Waals surface area contributed by atoms with Crippen LogP contribution in [0, 0.1) is 0 Å². The van der Waals surface area contributed by atoms with Gasteiger partial charge in [0.15, 0.2) is 0 Å². The molecule has 0 spiro atoms. The lowest BCUT2D eigenvalue weighted by atomic mass is 10.1. The molecule has 1 amide bonds. The van der Waals surface area contributed by atoms with Gasteiger partial charge in [-0.25, -0.2) is 9.97 Å². The summed E-state index contributed by atoms with van der Waals surface area (Å²) in [5.41, 5.74) is 1.24. The molecule has 1 aliphatic rings. The average Bonchev–Trinajstić information content (AvgIpc) is 3.08. The highest BCUT2D eigenvalue weighted by molar-refractivity contribution is 7.07. The second kappa shape index (κ2) is 7.35. The van der Waals surface area contributed by atoms with E-state index in [4.69, 9.17) is 0 Å². The highest BCUT2D eigenvalue weighted by Gasteiger charge is 2.22. The van der Waals surface area contributed by atoms with Gasteiger partial charge in [-0.15, -0.1) is 0 Å². The van der Waals surface area contributed by atoms with Crippen LogP contribution in [0.4, 0.5) is 5.95 Å². The van der Waals surface area contributed by atoms with Crippen LogP contribution in [-0.2, 0) is 11.2 Å². The standard InChI is InChI=1S/C16H20N4OS/c21-15(5-4-13-6-10-22-12-13)19-14-3-1-9-20(11-14)16-17-7-2-8-18-16/h2,6-8,10,12,14H,1,3-5,9,11H2,(H,19,21). The van der Waals surface area contributed by atoms with Crippen LogP contribution in [0.1, 0.15) is 24.8 Å². The first-order valence-electron chi connectivity index (χ1n) is 7.63. The van der Waals surface area contributed by atoms with Gasteiger partial charge >= 0.3 is 0 Å². The van der Waals surface area contributed by atoms with Gasteiger partial charge in [-0.1, -0.05) is 0 Å². The summed E-state index contributed by atoms with van der Waals surface area (Å²) in [5, 5.41) is 7.30. The highest BCUT2D eigenvalue weighted by Crippen LogP contribution is 2.15. The van der Waals surface area contributed by atoms with Gasteiger partial charge in [-0.2, -0.15) is 11.3 Å². The summed E-state index contributed by atoms with van der Waals surface area (Å²) < 4.78 is 0. The summed E-state index contributed by atoms with van der Waals surface area (Å²) in [6.07, 6.45) is 6.95. The molecule has 3 rings (SSSR count). The lowest BCUT2D eigenvalue weighted by molar-refractivity contribution is -0.121. The number of carbonyl (C=O) groups is 1. The van der Waals surface area contributed by atoms with Crippen LogP contribution in [0.25, 0.3) is 0 Å². The minimum absolute atomic E-state index is 0.132. The van der Waals surface area contributed by atoms with Crippen LogP contribution < -0.4 is 10.2 Å². The third-order valence-electron chi connectivity index (χ3n) is 3.84. The Labute approximate surface area is 134 Å². The van der Waals surface area contributed by atoms with Gasteiger partial charge in [-0.3, -0.25) is 4.79 Å². The molecule has 1 atom stereocenters. The number of aryl methyl sites for hydroxylation is 1. The van der Waals surface area contributed by atoms with E-state index in [0.29, 0.717) is 6.42 Å². The van der Waals surface area contributed by atoms with Crippen LogP contribution >= 0.6 is 11.3 Å². The Morgan fingerprint density at radius 1 is 1.41 bits per heavy atom. The summed E-state index contributed by atoms with van der Waals surface area (Å²) >= 11 is 1.67. The molecule has 0 aromatic carbocycles. The first-order chi connectivity index (χ1) is 10.8. The molecule has 2 aromatic rings.